The topological polar surface area (TPSA) is 0 Å². The van der Waals surface area contributed by atoms with E-state index in [-0.39, 0.29) is 0 Å². The van der Waals surface area contributed by atoms with Gasteiger partial charge in [0.05, 0.1) is 0 Å². The van der Waals surface area contributed by atoms with E-state index in [2.05, 4.69) is 21.7 Å². The Morgan fingerprint density at radius 3 is 2.40 bits per heavy atom. The Morgan fingerprint density at radius 2 is 2.40 bits per heavy atom. The standard InChI is InChI=1S/C3H2BrF/c4-2-1-3-5/h2-3H. The first kappa shape index (κ1) is 4.93. The Kier molecular flexibility index (Phi) is 3.87. The average molecular weight is 137 g/mol. The highest BCUT2D eigenvalue weighted by Crippen LogP contribution is 1.76. The van der Waals surface area contributed by atoms with Gasteiger partial charge in [0.15, 0.2) is 0 Å². The minimum absolute atomic E-state index is 0.328. The smallest absolute Gasteiger partial charge is 0.129 e. The average Bonchev–Trinajstić information content (AvgIpc) is 1.41. The molecule has 2 heteroatoms. The molecule has 0 unspecified atom stereocenters. The Morgan fingerprint density at radius 1 is 1.80 bits per heavy atom. The van der Waals surface area contributed by atoms with Gasteiger partial charge in [-0.3, -0.25) is 0 Å². The van der Waals surface area contributed by atoms with Gasteiger partial charge in [-0.15, -0.1) is 0 Å². The molecular formula is C3H2BrF. The van der Waals surface area contributed by atoms with Crippen molar-refractivity contribution in [3.8, 4) is 0 Å². The number of hydrogen-bond acceptors (Lipinski definition) is 0. The molecule has 0 heterocycles. The molecule has 0 aliphatic heterocycles. The van der Waals surface area contributed by atoms with Crippen molar-refractivity contribution in [3.05, 3.63) is 17.0 Å². The number of halogens is 2. The number of rotatable bonds is 0. The number of hydrogen-bond donors (Lipinski definition) is 0. The van der Waals surface area contributed by atoms with Gasteiger partial charge in [0.2, 0.25) is 0 Å². The van der Waals surface area contributed by atoms with Gasteiger partial charge in [-0.2, -0.15) is 0 Å². The van der Waals surface area contributed by atoms with E-state index in [0.717, 1.165) is 0 Å². The van der Waals surface area contributed by atoms with Gasteiger partial charge in [-0.05, 0) is 0 Å². The molecule has 0 bridgehead atoms. The van der Waals surface area contributed by atoms with Crippen LogP contribution in [-0.2, 0) is 0 Å². The van der Waals surface area contributed by atoms with Gasteiger partial charge in [0, 0.05) is 4.99 Å². The summed E-state index contributed by atoms with van der Waals surface area (Å²) in [7, 11) is 0. The molecule has 0 spiro atoms. The van der Waals surface area contributed by atoms with Crippen LogP contribution in [0.25, 0.3) is 0 Å². The maximum atomic E-state index is 10.7. The van der Waals surface area contributed by atoms with Crippen LogP contribution in [0.2, 0.25) is 0 Å². The minimum atomic E-state index is 0.328. The van der Waals surface area contributed by atoms with Crippen LogP contribution in [0.3, 0.4) is 0 Å². The van der Waals surface area contributed by atoms with Crippen molar-refractivity contribution >= 4 is 15.9 Å². The zero-order valence-corrected chi connectivity index (χ0v) is 4.00. The van der Waals surface area contributed by atoms with Crippen molar-refractivity contribution in [1.29, 1.82) is 0 Å². The third-order valence-corrected chi connectivity index (χ3v) is 0.390. The normalized spacial score (nSPS) is 5.20. The fraction of sp³-hybridized carbons (Fsp3) is 0. The van der Waals surface area contributed by atoms with Crippen molar-refractivity contribution in [2.75, 3.05) is 0 Å². The van der Waals surface area contributed by atoms with Crippen LogP contribution in [-0.4, -0.2) is 0 Å². The first-order valence-corrected chi connectivity index (χ1v) is 1.93. The summed E-state index contributed by atoms with van der Waals surface area (Å²) in [5, 5.41) is 0. The second kappa shape index (κ2) is 3.93. The quantitative estimate of drug-likeness (QED) is 0.447. The molecule has 0 atom stereocenters. The van der Waals surface area contributed by atoms with Crippen LogP contribution in [0.5, 0.6) is 0 Å². The lowest BCUT2D eigenvalue weighted by molar-refractivity contribution is 0.723. The summed E-state index contributed by atoms with van der Waals surface area (Å²) >= 11 is 2.80. The first-order chi connectivity index (χ1) is 2.41. The minimum Gasteiger partial charge on any atom is -0.206 e. The molecule has 0 amide bonds. The van der Waals surface area contributed by atoms with E-state index < -0.39 is 0 Å². The van der Waals surface area contributed by atoms with Crippen LogP contribution in [0, 0.1) is 0 Å². The van der Waals surface area contributed by atoms with Crippen LogP contribution in [0.1, 0.15) is 0 Å². The molecule has 0 N–H and O–H groups in total. The van der Waals surface area contributed by atoms with Crippen LogP contribution >= 0.6 is 15.9 Å². The molecule has 0 rings (SSSR count). The fourth-order valence-corrected chi connectivity index (χ4v) is 0.124. The van der Waals surface area contributed by atoms with Gasteiger partial charge in [-0.1, -0.05) is 21.7 Å². The van der Waals surface area contributed by atoms with Gasteiger partial charge >= 0.3 is 0 Å². The van der Waals surface area contributed by atoms with E-state index >= 15 is 0 Å². The third-order valence-electron chi connectivity index (χ3n) is 0.126. The Bertz CT molecular complexity index is 55.3. The molecule has 0 aliphatic carbocycles. The molecule has 0 aromatic rings. The lowest BCUT2D eigenvalue weighted by Crippen LogP contribution is -1.17. The largest absolute Gasteiger partial charge is 0.206 e. The highest BCUT2D eigenvalue weighted by atomic mass is 79.9. The summed E-state index contributed by atoms with van der Waals surface area (Å²) in [6.07, 6.45) is 0.328. The molecule has 0 fully saturated rings. The second-order valence-electron chi connectivity index (χ2n) is 0.385. The van der Waals surface area contributed by atoms with Gasteiger partial charge in [-0.25, -0.2) is 4.39 Å². The first-order valence-electron chi connectivity index (χ1n) is 1.01. The highest BCUT2D eigenvalue weighted by molar-refractivity contribution is 9.11. The molecule has 28 valence electrons. The molecule has 0 aromatic carbocycles. The van der Waals surface area contributed by atoms with Crippen molar-refractivity contribution < 1.29 is 4.39 Å². The third kappa shape index (κ3) is 3.93. The monoisotopic (exact) mass is 136 g/mol. The Hall–Kier alpha value is -0.0700. The molecule has 0 radical (unpaired) electrons. The zero-order valence-electron chi connectivity index (χ0n) is 2.41. The summed E-state index contributed by atoms with van der Waals surface area (Å²) in [6.45, 7) is 0. The van der Waals surface area contributed by atoms with Crippen LogP contribution in [0.4, 0.5) is 4.39 Å². The van der Waals surface area contributed by atoms with E-state index in [0.29, 0.717) is 6.33 Å². The maximum Gasteiger partial charge on any atom is 0.129 e. The summed E-state index contributed by atoms with van der Waals surface area (Å²) in [4.78, 5) is 1.31. The SMILES string of the molecule is FC=C=CBr. The van der Waals surface area contributed by atoms with Crippen LogP contribution < -0.4 is 0 Å². The molecule has 0 saturated heterocycles. The molecular weight excluding hydrogens is 135 g/mol. The molecule has 0 saturated carbocycles. The summed E-state index contributed by atoms with van der Waals surface area (Å²) in [5.41, 5.74) is 2.11. The van der Waals surface area contributed by atoms with Crippen molar-refractivity contribution in [1.82, 2.24) is 0 Å². The second-order valence-corrected chi connectivity index (χ2v) is 0.843. The van der Waals surface area contributed by atoms with Crippen LogP contribution in [0.15, 0.2) is 17.0 Å². The van der Waals surface area contributed by atoms with E-state index in [9.17, 15) is 4.39 Å². The lowest BCUT2D eigenvalue weighted by atomic mass is 11.0. The summed E-state index contributed by atoms with van der Waals surface area (Å²) in [6, 6.07) is 0. The molecule has 5 heavy (non-hydrogen) atoms. The van der Waals surface area contributed by atoms with Gasteiger partial charge in [0.25, 0.3) is 0 Å². The fourth-order valence-electron chi connectivity index (χ4n) is 0.0238. The highest BCUT2D eigenvalue weighted by Gasteiger charge is 1.41. The Labute approximate surface area is 38.1 Å². The van der Waals surface area contributed by atoms with Crippen molar-refractivity contribution in [2.24, 2.45) is 0 Å². The van der Waals surface area contributed by atoms with Crippen molar-refractivity contribution in [2.45, 2.75) is 0 Å². The lowest BCUT2D eigenvalue weighted by Gasteiger charge is -1.43. The predicted molar refractivity (Wildman–Crippen MR) is 22.7 cm³/mol. The molecule has 0 aromatic heterocycles. The zero-order chi connectivity index (χ0) is 4.12. The molecule has 0 nitrogen and oxygen atoms in total. The van der Waals surface area contributed by atoms with E-state index in [1.165, 1.54) is 4.99 Å². The molecule has 0 aliphatic rings. The predicted octanol–water partition coefficient (Wildman–Crippen LogP) is 1.98. The maximum absolute atomic E-state index is 10.7. The van der Waals surface area contributed by atoms with E-state index in [1.807, 2.05) is 0 Å². The van der Waals surface area contributed by atoms with Crippen molar-refractivity contribution in [3.63, 3.8) is 0 Å². The summed E-state index contributed by atoms with van der Waals surface area (Å²) in [5.74, 6) is 0. The van der Waals surface area contributed by atoms with E-state index in [4.69, 9.17) is 0 Å². The Balaban J connectivity index is 3.26. The van der Waals surface area contributed by atoms with Gasteiger partial charge < -0.3 is 0 Å². The van der Waals surface area contributed by atoms with Gasteiger partial charge in [0.1, 0.15) is 6.33 Å². The van der Waals surface area contributed by atoms with E-state index in [1.54, 1.807) is 0 Å². The summed E-state index contributed by atoms with van der Waals surface area (Å²) < 4.78 is 10.7.